The number of ether oxygens (including phenoxy) is 2. The molecule has 0 bridgehead atoms. The van der Waals surface area contributed by atoms with E-state index >= 15 is 0 Å². The van der Waals surface area contributed by atoms with E-state index in [1.807, 2.05) is 25.1 Å². The lowest BCUT2D eigenvalue weighted by Gasteiger charge is -2.12. The molecular weight excluding hydrogens is 252 g/mol. The van der Waals surface area contributed by atoms with Gasteiger partial charge < -0.3 is 14.6 Å². The van der Waals surface area contributed by atoms with Gasteiger partial charge in [-0.15, -0.1) is 0 Å². The van der Waals surface area contributed by atoms with E-state index in [1.165, 1.54) is 24.8 Å². The Kier molecular flexibility index (Phi) is 8.12. The molecule has 0 heterocycles. The van der Waals surface area contributed by atoms with Crippen molar-refractivity contribution in [3.63, 3.8) is 0 Å². The molecule has 1 atom stereocenters. The van der Waals surface area contributed by atoms with Crippen LogP contribution in [0.4, 0.5) is 0 Å². The van der Waals surface area contributed by atoms with E-state index in [2.05, 4.69) is 6.92 Å². The standard InChI is InChI=1S/C17H28O3/c1-4-5-6-7-12-20-16-11-10-15(9-8-14(2)18)13-17(16)19-3/h10-11,13-14,18H,4-9,12H2,1-3H3. The van der Waals surface area contributed by atoms with Crippen LogP contribution in [0.25, 0.3) is 0 Å². The summed E-state index contributed by atoms with van der Waals surface area (Å²) in [6, 6.07) is 6.02. The first kappa shape index (κ1) is 16.8. The summed E-state index contributed by atoms with van der Waals surface area (Å²) in [5, 5.41) is 9.33. The average Bonchev–Trinajstić information content (AvgIpc) is 2.45. The molecule has 1 N–H and O–H groups in total. The molecule has 0 aliphatic carbocycles. The molecule has 0 saturated carbocycles. The molecule has 1 aromatic rings. The van der Waals surface area contributed by atoms with Crippen LogP contribution in [0.3, 0.4) is 0 Å². The number of unbranched alkanes of at least 4 members (excludes halogenated alkanes) is 3. The van der Waals surface area contributed by atoms with Crippen LogP contribution in [-0.2, 0) is 6.42 Å². The number of aryl methyl sites for hydroxylation is 1. The second kappa shape index (κ2) is 9.65. The van der Waals surface area contributed by atoms with Gasteiger partial charge in [0, 0.05) is 0 Å². The third kappa shape index (κ3) is 6.29. The molecule has 1 rings (SSSR count). The van der Waals surface area contributed by atoms with Crippen LogP contribution in [0.5, 0.6) is 11.5 Å². The van der Waals surface area contributed by atoms with Gasteiger partial charge in [-0.05, 0) is 43.9 Å². The Bertz CT molecular complexity index is 374. The van der Waals surface area contributed by atoms with Crippen molar-refractivity contribution in [1.82, 2.24) is 0 Å². The van der Waals surface area contributed by atoms with Crippen LogP contribution in [0.1, 0.15) is 51.5 Å². The second-order valence-electron chi connectivity index (χ2n) is 5.28. The lowest BCUT2D eigenvalue weighted by Crippen LogP contribution is -2.03. The number of benzene rings is 1. The molecule has 1 unspecified atom stereocenters. The summed E-state index contributed by atoms with van der Waals surface area (Å²) in [6.07, 6.45) is 6.15. The highest BCUT2D eigenvalue weighted by Gasteiger charge is 2.06. The predicted molar refractivity (Wildman–Crippen MR) is 82.6 cm³/mol. The quantitative estimate of drug-likeness (QED) is 0.659. The summed E-state index contributed by atoms with van der Waals surface area (Å²) in [4.78, 5) is 0. The number of aliphatic hydroxyl groups excluding tert-OH is 1. The molecule has 0 amide bonds. The third-order valence-corrected chi connectivity index (χ3v) is 3.33. The first-order valence-electron chi connectivity index (χ1n) is 7.65. The zero-order chi connectivity index (χ0) is 14.8. The van der Waals surface area contributed by atoms with Gasteiger partial charge in [0.1, 0.15) is 0 Å². The molecule has 1 aromatic carbocycles. The molecule has 20 heavy (non-hydrogen) atoms. The maximum atomic E-state index is 9.33. The minimum Gasteiger partial charge on any atom is -0.493 e. The van der Waals surface area contributed by atoms with Crippen molar-refractivity contribution in [2.75, 3.05) is 13.7 Å². The number of hydrogen-bond donors (Lipinski definition) is 1. The first-order chi connectivity index (χ1) is 9.67. The highest BCUT2D eigenvalue weighted by molar-refractivity contribution is 5.43. The lowest BCUT2D eigenvalue weighted by molar-refractivity contribution is 0.185. The van der Waals surface area contributed by atoms with Gasteiger partial charge in [-0.3, -0.25) is 0 Å². The van der Waals surface area contributed by atoms with E-state index in [1.54, 1.807) is 7.11 Å². The van der Waals surface area contributed by atoms with Gasteiger partial charge in [0.2, 0.25) is 0 Å². The summed E-state index contributed by atoms with van der Waals surface area (Å²) in [5.74, 6) is 1.59. The Morgan fingerprint density at radius 1 is 1.15 bits per heavy atom. The van der Waals surface area contributed by atoms with Crippen molar-refractivity contribution < 1.29 is 14.6 Å². The second-order valence-corrected chi connectivity index (χ2v) is 5.28. The molecule has 0 fully saturated rings. The number of methoxy groups -OCH3 is 1. The topological polar surface area (TPSA) is 38.7 Å². The van der Waals surface area contributed by atoms with E-state index in [0.717, 1.165) is 37.4 Å². The number of rotatable bonds is 10. The van der Waals surface area contributed by atoms with Crippen LogP contribution in [0.2, 0.25) is 0 Å². The predicted octanol–water partition coefficient (Wildman–Crippen LogP) is 3.97. The van der Waals surface area contributed by atoms with E-state index in [-0.39, 0.29) is 6.10 Å². The zero-order valence-electron chi connectivity index (χ0n) is 13.0. The summed E-state index contributed by atoms with van der Waals surface area (Å²) in [7, 11) is 1.66. The van der Waals surface area contributed by atoms with Gasteiger partial charge in [0.05, 0.1) is 19.8 Å². The monoisotopic (exact) mass is 280 g/mol. The molecule has 0 radical (unpaired) electrons. The largest absolute Gasteiger partial charge is 0.493 e. The van der Waals surface area contributed by atoms with Gasteiger partial charge in [-0.25, -0.2) is 0 Å². The van der Waals surface area contributed by atoms with Gasteiger partial charge in [-0.2, -0.15) is 0 Å². The van der Waals surface area contributed by atoms with Gasteiger partial charge in [0.15, 0.2) is 11.5 Å². The smallest absolute Gasteiger partial charge is 0.161 e. The van der Waals surface area contributed by atoms with Crippen LogP contribution in [0.15, 0.2) is 18.2 Å². The highest BCUT2D eigenvalue weighted by Crippen LogP contribution is 2.28. The van der Waals surface area contributed by atoms with Crippen molar-refractivity contribution in [2.45, 2.75) is 58.5 Å². The van der Waals surface area contributed by atoms with E-state index in [9.17, 15) is 5.11 Å². The maximum absolute atomic E-state index is 9.33. The van der Waals surface area contributed by atoms with E-state index in [4.69, 9.17) is 9.47 Å². The molecule has 0 spiro atoms. The normalized spacial score (nSPS) is 12.2. The molecule has 0 aliphatic rings. The molecule has 0 saturated heterocycles. The molecule has 0 aliphatic heterocycles. The minimum absolute atomic E-state index is 0.268. The first-order valence-corrected chi connectivity index (χ1v) is 7.65. The fraction of sp³-hybridized carbons (Fsp3) is 0.647. The molecule has 3 nitrogen and oxygen atoms in total. The Morgan fingerprint density at radius 3 is 2.60 bits per heavy atom. The Labute approximate surface area is 122 Å². The minimum atomic E-state index is -0.268. The van der Waals surface area contributed by atoms with Crippen LogP contribution in [0, 0.1) is 0 Å². The van der Waals surface area contributed by atoms with E-state index < -0.39 is 0 Å². The van der Waals surface area contributed by atoms with Crippen LogP contribution < -0.4 is 9.47 Å². The summed E-state index contributed by atoms with van der Waals surface area (Å²) in [6.45, 7) is 4.75. The van der Waals surface area contributed by atoms with Crippen molar-refractivity contribution >= 4 is 0 Å². The van der Waals surface area contributed by atoms with Gasteiger partial charge >= 0.3 is 0 Å². The SMILES string of the molecule is CCCCCCOc1ccc(CCC(C)O)cc1OC. The van der Waals surface area contributed by atoms with Crippen molar-refractivity contribution in [1.29, 1.82) is 0 Å². The highest BCUT2D eigenvalue weighted by atomic mass is 16.5. The van der Waals surface area contributed by atoms with Crippen molar-refractivity contribution in [3.05, 3.63) is 23.8 Å². The van der Waals surface area contributed by atoms with Crippen LogP contribution in [-0.4, -0.2) is 24.9 Å². The van der Waals surface area contributed by atoms with Crippen molar-refractivity contribution in [2.24, 2.45) is 0 Å². The molecular formula is C17H28O3. The average molecular weight is 280 g/mol. The molecule has 3 heteroatoms. The molecule has 0 aromatic heterocycles. The van der Waals surface area contributed by atoms with Gasteiger partial charge in [-0.1, -0.05) is 32.3 Å². The lowest BCUT2D eigenvalue weighted by atomic mass is 10.1. The van der Waals surface area contributed by atoms with Crippen molar-refractivity contribution in [3.8, 4) is 11.5 Å². The summed E-state index contributed by atoms with van der Waals surface area (Å²) >= 11 is 0. The summed E-state index contributed by atoms with van der Waals surface area (Å²) < 4.78 is 11.2. The fourth-order valence-electron chi connectivity index (χ4n) is 2.07. The zero-order valence-corrected chi connectivity index (χ0v) is 13.0. The van der Waals surface area contributed by atoms with Crippen LogP contribution >= 0.6 is 0 Å². The van der Waals surface area contributed by atoms with E-state index in [0.29, 0.717) is 0 Å². The van der Waals surface area contributed by atoms with Gasteiger partial charge in [0.25, 0.3) is 0 Å². The Hall–Kier alpha value is -1.22. The number of hydrogen-bond acceptors (Lipinski definition) is 3. The Morgan fingerprint density at radius 2 is 1.95 bits per heavy atom. The number of aliphatic hydroxyl groups is 1. The molecule has 114 valence electrons. The summed E-state index contributed by atoms with van der Waals surface area (Å²) in [5.41, 5.74) is 1.17. The Balaban J connectivity index is 2.50. The third-order valence-electron chi connectivity index (χ3n) is 3.33. The fourth-order valence-corrected chi connectivity index (χ4v) is 2.07. The maximum Gasteiger partial charge on any atom is 0.161 e.